The molecular formula is C8H9BrFNS. The molecule has 12 heavy (non-hydrogen) atoms. The van der Waals surface area contributed by atoms with Crippen LogP contribution in [0.3, 0.4) is 0 Å². The highest BCUT2D eigenvalue weighted by Crippen LogP contribution is 2.28. The number of hydrogen-bond donors (Lipinski definition) is 1. The molecule has 4 heteroatoms. The maximum absolute atomic E-state index is 13.5. The molecule has 66 valence electrons. The lowest BCUT2D eigenvalue weighted by atomic mass is 9.95. The van der Waals surface area contributed by atoms with Crippen LogP contribution in [0.15, 0.2) is 15.9 Å². The summed E-state index contributed by atoms with van der Waals surface area (Å²) in [6.07, 6.45) is 0.552. The first-order valence-corrected chi connectivity index (χ1v) is 5.43. The largest absolute Gasteiger partial charge is 0.310 e. The Morgan fingerprint density at radius 3 is 2.75 bits per heavy atom. The molecule has 1 aliphatic heterocycles. The Morgan fingerprint density at radius 2 is 2.33 bits per heavy atom. The molecule has 2 rings (SSSR count). The fraction of sp³-hybridized carbons (Fsp3) is 0.500. The van der Waals surface area contributed by atoms with E-state index >= 15 is 0 Å². The first-order chi connectivity index (χ1) is 5.68. The van der Waals surface area contributed by atoms with Gasteiger partial charge in [0.15, 0.2) is 0 Å². The van der Waals surface area contributed by atoms with Gasteiger partial charge in [-0.05, 0) is 28.1 Å². The number of alkyl halides is 1. The summed E-state index contributed by atoms with van der Waals surface area (Å²) >= 11 is 4.97. The Hall–Kier alpha value is 0.0700. The van der Waals surface area contributed by atoms with E-state index in [0.717, 1.165) is 8.66 Å². The van der Waals surface area contributed by atoms with Crippen LogP contribution in [0.2, 0.25) is 0 Å². The Bertz CT molecular complexity index is 282. The van der Waals surface area contributed by atoms with Gasteiger partial charge in [0.1, 0.15) is 5.67 Å². The smallest absolute Gasteiger partial charge is 0.140 e. The van der Waals surface area contributed by atoms with Gasteiger partial charge in [-0.1, -0.05) is 0 Å². The summed E-state index contributed by atoms with van der Waals surface area (Å²) < 4.78 is 14.6. The molecule has 1 aliphatic rings. The van der Waals surface area contributed by atoms with Crippen molar-refractivity contribution in [3.63, 3.8) is 0 Å². The van der Waals surface area contributed by atoms with Crippen molar-refractivity contribution < 1.29 is 4.39 Å². The van der Waals surface area contributed by atoms with Crippen LogP contribution < -0.4 is 5.32 Å². The quantitative estimate of drug-likeness (QED) is 0.849. The van der Waals surface area contributed by atoms with Gasteiger partial charge in [-0.2, -0.15) is 0 Å². The van der Waals surface area contributed by atoms with Crippen molar-refractivity contribution in [2.24, 2.45) is 0 Å². The van der Waals surface area contributed by atoms with Crippen LogP contribution in [0.1, 0.15) is 4.88 Å². The minimum atomic E-state index is -0.982. The van der Waals surface area contributed by atoms with Gasteiger partial charge < -0.3 is 5.32 Å². The molecular weight excluding hydrogens is 241 g/mol. The standard InChI is InChI=1S/C8H9BrFNS/c9-7-2-1-6(12-7)3-8(10)4-11-5-8/h1-2,11H,3-5H2. The fourth-order valence-electron chi connectivity index (χ4n) is 1.28. The SMILES string of the molecule is FC1(Cc2ccc(Br)s2)CNC1. The second kappa shape index (κ2) is 3.09. The molecule has 0 saturated carbocycles. The molecule has 2 heterocycles. The van der Waals surface area contributed by atoms with Crippen LogP contribution in [0.4, 0.5) is 4.39 Å². The summed E-state index contributed by atoms with van der Waals surface area (Å²) in [6.45, 7) is 1.00. The summed E-state index contributed by atoms with van der Waals surface area (Å²) in [5.41, 5.74) is -0.982. The second-order valence-corrected chi connectivity index (χ2v) is 5.68. The molecule has 0 aliphatic carbocycles. The van der Waals surface area contributed by atoms with Gasteiger partial charge in [-0.25, -0.2) is 4.39 Å². The van der Waals surface area contributed by atoms with Gasteiger partial charge in [0.25, 0.3) is 0 Å². The predicted molar refractivity (Wildman–Crippen MR) is 52.4 cm³/mol. The van der Waals surface area contributed by atoms with Crippen molar-refractivity contribution in [2.45, 2.75) is 12.1 Å². The summed E-state index contributed by atoms with van der Waals surface area (Å²) in [5.74, 6) is 0. The lowest BCUT2D eigenvalue weighted by molar-refractivity contribution is 0.0921. The maximum atomic E-state index is 13.5. The highest BCUT2D eigenvalue weighted by molar-refractivity contribution is 9.11. The zero-order valence-electron chi connectivity index (χ0n) is 6.44. The highest BCUT2D eigenvalue weighted by atomic mass is 79.9. The maximum Gasteiger partial charge on any atom is 0.140 e. The fourth-order valence-corrected chi connectivity index (χ4v) is 2.89. The summed E-state index contributed by atoms with van der Waals surface area (Å²) in [7, 11) is 0. The van der Waals surface area contributed by atoms with E-state index in [0.29, 0.717) is 19.5 Å². The van der Waals surface area contributed by atoms with Crippen LogP contribution >= 0.6 is 27.3 Å². The number of thiophene rings is 1. The molecule has 0 bridgehead atoms. The van der Waals surface area contributed by atoms with E-state index in [9.17, 15) is 4.39 Å². The molecule has 0 atom stereocenters. The minimum Gasteiger partial charge on any atom is -0.310 e. The van der Waals surface area contributed by atoms with Crippen molar-refractivity contribution >= 4 is 27.3 Å². The molecule has 1 fully saturated rings. The predicted octanol–water partition coefficient (Wildman–Crippen LogP) is 2.36. The molecule has 1 aromatic rings. The average Bonchev–Trinajstić information content (AvgIpc) is 2.32. The highest BCUT2D eigenvalue weighted by Gasteiger charge is 2.37. The molecule has 0 radical (unpaired) electrons. The Balaban J connectivity index is 2.03. The minimum absolute atomic E-state index is 0.502. The van der Waals surface area contributed by atoms with Gasteiger partial charge in [-0.3, -0.25) is 0 Å². The van der Waals surface area contributed by atoms with Crippen molar-refractivity contribution in [3.8, 4) is 0 Å². The van der Waals surface area contributed by atoms with Gasteiger partial charge in [0.05, 0.1) is 3.79 Å². The Morgan fingerprint density at radius 1 is 1.58 bits per heavy atom. The molecule has 0 aromatic carbocycles. The van der Waals surface area contributed by atoms with E-state index in [2.05, 4.69) is 21.2 Å². The number of rotatable bonds is 2. The summed E-state index contributed by atoms with van der Waals surface area (Å²) in [5, 5.41) is 2.95. The number of halogens is 2. The van der Waals surface area contributed by atoms with E-state index in [1.807, 2.05) is 12.1 Å². The van der Waals surface area contributed by atoms with Gasteiger partial charge in [0, 0.05) is 24.4 Å². The normalized spacial score (nSPS) is 20.5. The van der Waals surface area contributed by atoms with Crippen molar-refractivity contribution in [1.82, 2.24) is 5.32 Å². The molecule has 0 spiro atoms. The molecule has 1 aromatic heterocycles. The van der Waals surface area contributed by atoms with E-state index in [1.165, 1.54) is 0 Å². The van der Waals surface area contributed by atoms with Crippen LogP contribution in [0, 0.1) is 0 Å². The molecule has 0 amide bonds. The third-order valence-corrected chi connectivity index (χ3v) is 3.63. The second-order valence-electron chi connectivity index (χ2n) is 3.14. The van der Waals surface area contributed by atoms with Crippen LogP contribution in [-0.2, 0) is 6.42 Å². The monoisotopic (exact) mass is 249 g/mol. The van der Waals surface area contributed by atoms with Crippen LogP contribution in [0.25, 0.3) is 0 Å². The molecule has 1 N–H and O–H groups in total. The number of nitrogens with one attached hydrogen (secondary N) is 1. The van der Waals surface area contributed by atoms with Crippen molar-refractivity contribution in [1.29, 1.82) is 0 Å². The first-order valence-electron chi connectivity index (χ1n) is 3.82. The van der Waals surface area contributed by atoms with E-state index < -0.39 is 5.67 Å². The topological polar surface area (TPSA) is 12.0 Å². The van der Waals surface area contributed by atoms with Gasteiger partial charge in [-0.15, -0.1) is 11.3 Å². The van der Waals surface area contributed by atoms with Crippen molar-refractivity contribution in [3.05, 3.63) is 20.8 Å². The number of hydrogen-bond acceptors (Lipinski definition) is 2. The zero-order chi connectivity index (χ0) is 8.60. The third-order valence-electron chi connectivity index (χ3n) is 2.00. The van der Waals surface area contributed by atoms with Gasteiger partial charge in [0.2, 0.25) is 0 Å². The van der Waals surface area contributed by atoms with Crippen LogP contribution in [-0.4, -0.2) is 18.8 Å². The molecule has 1 saturated heterocycles. The first kappa shape index (κ1) is 8.66. The zero-order valence-corrected chi connectivity index (χ0v) is 8.84. The average molecular weight is 250 g/mol. The van der Waals surface area contributed by atoms with Gasteiger partial charge >= 0.3 is 0 Å². The summed E-state index contributed by atoms with van der Waals surface area (Å²) in [4.78, 5) is 1.12. The lowest BCUT2D eigenvalue weighted by Gasteiger charge is -2.34. The van der Waals surface area contributed by atoms with E-state index in [4.69, 9.17) is 0 Å². The molecule has 0 unspecified atom stereocenters. The Labute approximate surface area is 83.1 Å². The van der Waals surface area contributed by atoms with E-state index in [-0.39, 0.29) is 0 Å². The van der Waals surface area contributed by atoms with E-state index in [1.54, 1.807) is 11.3 Å². The summed E-state index contributed by atoms with van der Waals surface area (Å²) in [6, 6.07) is 3.95. The van der Waals surface area contributed by atoms with Crippen LogP contribution in [0.5, 0.6) is 0 Å². The molecule has 1 nitrogen and oxygen atoms in total. The third kappa shape index (κ3) is 1.70. The Kier molecular flexibility index (Phi) is 2.23. The lowest BCUT2D eigenvalue weighted by Crippen LogP contribution is -2.57. The van der Waals surface area contributed by atoms with Crippen molar-refractivity contribution in [2.75, 3.05) is 13.1 Å².